The molecular weight excluding hydrogens is 256 g/mol. The smallest absolute Gasteiger partial charge is 0.358 e. The third kappa shape index (κ3) is 2.12. The van der Waals surface area contributed by atoms with Gasteiger partial charge in [0.15, 0.2) is 5.69 Å². The number of nitrogens with two attached hydrogens (primary N) is 1. The molecule has 1 saturated heterocycles. The fraction of sp³-hybridized carbons (Fsp3) is 0.429. The summed E-state index contributed by atoms with van der Waals surface area (Å²) in [6.07, 6.45) is 3.98. The van der Waals surface area contributed by atoms with E-state index in [1.54, 1.807) is 6.07 Å². The number of imidazole rings is 1. The van der Waals surface area contributed by atoms with Gasteiger partial charge in [-0.05, 0) is 31.5 Å². The van der Waals surface area contributed by atoms with E-state index < -0.39 is 5.97 Å². The van der Waals surface area contributed by atoms with Crippen LogP contribution in [0.25, 0.3) is 5.52 Å². The van der Waals surface area contributed by atoms with Crippen molar-refractivity contribution in [2.75, 3.05) is 25.9 Å². The monoisotopic (exact) mass is 274 g/mol. The van der Waals surface area contributed by atoms with Crippen LogP contribution < -0.4 is 11.1 Å². The third-order valence-electron chi connectivity index (χ3n) is 3.73. The highest BCUT2D eigenvalue weighted by molar-refractivity contribution is 5.95. The molecule has 0 saturated carbocycles. The van der Waals surface area contributed by atoms with Crippen LogP contribution in [0.15, 0.2) is 18.3 Å². The number of carbonyl (C=O) groups excluding carboxylic acids is 1. The van der Waals surface area contributed by atoms with Crippen LogP contribution in [0.2, 0.25) is 0 Å². The van der Waals surface area contributed by atoms with E-state index in [0.717, 1.165) is 37.3 Å². The Labute approximate surface area is 116 Å². The predicted octanol–water partition coefficient (Wildman–Crippen LogP) is 1.17. The van der Waals surface area contributed by atoms with Gasteiger partial charge in [-0.2, -0.15) is 0 Å². The van der Waals surface area contributed by atoms with Crippen molar-refractivity contribution in [1.82, 2.24) is 14.7 Å². The highest BCUT2D eigenvalue weighted by atomic mass is 16.5. The number of ether oxygens (including phenoxy) is 1. The summed E-state index contributed by atoms with van der Waals surface area (Å²) >= 11 is 0. The quantitative estimate of drug-likeness (QED) is 0.803. The fourth-order valence-corrected chi connectivity index (χ4v) is 2.73. The second kappa shape index (κ2) is 5.13. The van der Waals surface area contributed by atoms with Crippen LogP contribution in [0.5, 0.6) is 0 Å². The van der Waals surface area contributed by atoms with E-state index >= 15 is 0 Å². The van der Waals surface area contributed by atoms with Crippen LogP contribution in [0.4, 0.5) is 5.69 Å². The Hall–Kier alpha value is -2.08. The minimum atomic E-state index is -0.415. The molecule has 106 valence electrons. The lowest BCUT2D eigenvalue weighted by atomic mass is 9.99. The summed E-state index contributed by atoms with van der Waals surface area (Å²) in [5, 5.41) is 3.36. The fourth-order valence-electron chi connectivity index (χ4n) is 2.73. The Kier molecular flexibility index (Phi) is 3.31. The Morgan fingerprint density at radius 2 is 2.40 bits per heavy atom. The molecule has 0 bridgehead atoms. The van der Waals surface area contributed by atoms with Crippen LogP contribution >= 0.6 is 0 Å². The minimum absolute atomic E-state index is 0.288. The normalized spacial score (nSPS) is 19.1. The maximum absolute atomic E-state index is 11.9. The second-order valence-electron chi connectivity index (χ2n) is 5.07. The zero-order valence-corrected chi connectivity index (χ0v) is 11.4. The topological polar surface area (TPSA) is 81.6 Å². The van der Waals surface area contributed by atoms with Crippen molar-refractivity contribution in [3.05, 3.63) is 29.8 Å². The minimum Gasteiger partial charge on any atom is -0.464 e. The predicted molar refractivity (Wildman–Crippen MR) is 75.8 cm³/mol. The second-order valence-corrected chi connectivity index (χ2v) is 5.07. The Morgan fingerprint density at radius 1 is 1.55 bits per heavy atom. The van der Waals surface area contributed by atoms with E-state index in [9.17, 15) is 4.79 Å². The lowest BCUT2D eigenvalue weighted by Gasteiger charge is -2.21. The Morgan fingerprint density at radius 3 is 3.10 bits per heavy atom. The first-order chi connectivity index (χ1) is 9.70. The van der Waals surface area contributed by atoms with E-state index in [1.807, 2.05) is 16.7 Å². The summed E-state index contributed by atoms with van der Waals surface area (Å²) in [5.74, 6) is 0.749. The molecule has 3 rings (SSSR count). The van der Waals surface area contributed by atoms with Gasteiger partial charge in [-0.25, -0.2) is 9.78 Å². The van der Waals surface area contributed by atoms with Crippen molar-refractivity contribution in [1.29, 1.82) is 0 Å². The van der Waals surface area contributed by atoms with Crippen molar-refractivity contribution in [3.63, 3.8) is 0 Å². The van der Waals surface area contributed by atoms with E-state index in [0.29, 0.717) is 11.4 Å². The molecule has 1 aliphatic rings. The SMILES string of the molecule is COC(=O)c1nc(C2CCCNC2)n2cc(N)ccc12. The number of nitrogen functional groups attached to an aromatic ring is 1. The van der Waals surface area contributed by atoms with E-state index in [2.05, 4.69) is 10.3 Å². The number of piperidine rings is 1. The number of methoxy groups -OCH3 is 1. The number of rotatable bonds is 2. The highest BCUT2D eigenvalue weighted by Gasteiger charge is 2.24. The van der Waals surface area contributed by atoms with Crippen molar-refractivity contribution in [2.45, 2.75) is 18.8 Å². The average Bonchev–Trinajstić information content (AvgIpc) is 2.86. The molecule has 0 aliphatic carbocycles. The summed E-state index contributed by atoms with van der Waals surface area (Å²) in [5.41, 5.74) is 7.61. The van der Waals surface area contributed by atoms with Gasteiger partial charge in [0.05, 0.1) is 12.6 Å². The first-order valence-corrected chi connectivity index (χ1v) is 6.77. The van der Waals surface area contributed by atoms with Crippen LogP contribution in [-0.4, -0.2) is 35.6 Å². The molecule has 1 unspecified atom stereocenters. The van der Waals surface area contributed by atoms with Crippen LogP contribution in [0.3, 0.4) is 0 Å². The lowest BCUT2D eigenvalue weighted by molar-refractivity contribution is 0.0596. The molecule has 0 radical (unpaired) electrons. The van der Waals surface area contributed by atoms with Crippen molar-refractivity contribution in [2.24, 2.45) is 0 Å². The number of esters is 1. The molecule has 6 heteroatoms. The van der Waals surface area contributed by atoms with Gasteiger partial charge in [-0.1, -0.05) is 0 Å². The average molecular weight is 274 g/mol. The highest BCUT2D eigenvalue weighted by Crippen LogP contribution is 2.26. The van der Waals surface area contributed by atoms with Crippen LogP contribution in [0.1, 0.15) is 35.1 Å². The van der Waals surface area contributed by atoms with Gasteiger partial charge >= 0.3 is 5.97 Å². The van der Waals surface area contributed by atoms with E-state index in [-0.39, 0.29) is 5.92 Å². The van der Waals surface area contributed by atoms with Crippen molar-refractivity contribution < 1.29 is 9.53 Å². The summed E-state index contributed by atoms with van der Waals surface area (Å²) in [4.78, 5) is 16.4. The molecule has 1 aliphatic heterocycles. The molecule has 0 spiro atoms. The Bertz CT molecular complexity index is 644. The number of nitrogens with zero attached hydrogens (tertiary/aromatic N) is 2. The van der Waals surface area contributed by atoms with Gasteiger partial charge in [0.25, 0.3) is 0 Å². The van der Waals surface area contributed by atoms with E-state index in [1.165, 1.54) is 7.11 Å². The number of hydrogen-bond acceptors (Lipinski definition) is 5. The van der Waals surface area contributed by atoms with Crippen LogP contribution in [-0.2, 0) is 4.74 Å². The number of carbonyl (C=O) groups is 1. The lowest BCUT2D eigenvalue weighted by Crippen LogP contribution is -2.29. The summed E-state index contributed by atoms with van der Waals surface area (Å²) in [6, 6.07) is 3.58. The molecular formula is C14H18N4O2. The van der Waals surface area contributed by atoms with Gasteiger partial charge in [-0.15, -0.1) is 0 Å². The number of hydrogen-bond donors (Lipinski definition) is 2. The van der Waals surface area contributed by atoms with Crippen LogP contribution in [0, 0.1) is 0 Å². The molecule has 2 aromatic rings. The molecule has 20 heavy (non-hydrogen) atoms. The third-order valence-corrected chi connectivity index (χ3v) is 3.73. The maximum Gasteiger partial charge on any atom is 0.358 e. The largest absolute Gasteiger partial charge is 0.464 e. The number of pyridine rings is 1. The molecule has 6 nitrogen and oxygen atoms in total. The first-order valence-electron chi connectivity index (χ1n) is 6.77. The van der Waals surface area contributed by atoms with Gasteiger partial charge in [0.1, 0.15) is 5.82 Å². The molecule has 0 aromatic carbocycles. The van der Waals surface area contributed by atoms with Gasteiger partial charge < -0.3 is 20.2 Å². The van der Waals surface area contributed by atoms with Gasteiger partial charge in [-0.3, -0.25) is 0 Å². The van der Waals surface area contributed by atoms with E-state index in [4.69, 9.17) is 10.5 Å². The number of nitrogens with one attached hydrogen (secondary N) is 1. The standard InChI is InChI=1S/C14H18N4O2/c1-20-14(19)12-11-5-4-10(15)8-18(11)13(17-12)9-3-2-6-16-7-9/h4-5,8-9,16H,2-3,6-7,15H2,1H3. The molecule has 1 atom stereocenters. The molecule has 3 N–H and O–H groups in total. The number of fused-ring (bicyclic) bond motifs is 1. The van der Waals surface area contributed by atoms with Crippen molar-refractivity contribution in [3.8, 4) is 0 Å². The summed E-state index contributed by atoms with van der Waals surface area (Å²) < 4.78 is 6.73. The summed E-state index contributed by atoms with van der Waals surface area (Å²) in [6.45, 7) is 1.90. The number of aromatic nitrogens is 2. The molecule has 1 fully saturated rings. The number of anilines is 1. The van der Waals surface area contributed by atoms with Crippen molar-refractivity contribution >= 4 is 17.2 Å². The maximum atomic E-state index is 11.9. The molecule has 0 amide bonds. The Balaban J connectivity index is 2.15. The molecule has 3 heterocycles. The molecule has 2 aromatic heterocycles. The summed E-state index contributed by atoms with van der Waals surface area (Å²) in [7, 11) is 1.37. The van der Waals surface area contributed by atoms with Gasteiger partial charge in [0.2, 0.25) is 0 Å². The van der Waals surface area contributed by atoms with Gasteiger partial charge in [0, 0.05) is 24.3 Å². The zero-order chi connectivity index (χ0) is 14.1. The zero-order valence-electron chi connectivity index (χ0n) is 11.4. The first kappa shape index (κ1) is 12.9.